The summed E-state index contributed by atoms with van der Waals surface area (Å²) in [5.41, 5.74) is 1.11. The Bertz CT molecular complexity index is 604. The van der Waals surface area contributed by atoms with Crippen LogP contribution < -0.4 is 5.32 Å². The van der Waals surface area contributed by atoms with Gasteiger partial charge in [0.05, 0.1) is 5.69 Å². The number of nitrogens with zero attached hydrogens (tertiary/aromatic N) is 3. The van der Waals surface area contributed by atoms with E-state index in [0.29, 0.717) is 30.4 Å². The van der Waals surface area contributed by atoms with E-state index in [-0.39, 0.29) is 5.56 Å². The number of rotatable bonds is 7. The molecule has 0 saturated heterocycles. The molecule has 0 unspecified atom stereocenters. The van der Waals surface area contributed by atoms with Crippen molar-refractivity contribution in [2.24, 2.45) is 0 Å². The van der Waals surface area contributed by atoms with E-state index in [0.717, 1.165) is 6.42 Å². The third kappa shape index (κ3) is 3.96. The zero-order chi connectivity index (χ0) is 15.1. The van der Waals surface area contributed by atoms with E-state index >= 15 is 0 Å². The van der Waals surface area contributed by atoms with Gasteiger partial charge in [-0.3, -0.25) is 4.98 Å². The van der Waals surface area contributed by atoms with Crippen molar-refractivity contribution >= 4 is 11.9 Å². The zero-order valence-corrected chi connectivity index (χ0v) is 11.6. The molecule has 2 rings (SSSR count). The highest BCUT2D eigenvalue weighted by Crippen LogP contribution is 2.21. The van der Waals surface area contributed by atoms with E-state index in [1.807, 2.05) is 0 Å². The van der Waals surface area contributed by atoms with E-state index in [1.165, 1.54) is 6.20 Å². The molecule has 0 aliphatic carbocycles. The second kappa shape index (κ2) is 7.30. The van der Waals surface area contributed by atoms with Gasteiger partial charge in [0.1, 0.15) is 5.56 Å². The highest BCUT2D eigenvalue weighted by Gasteiger charge is 2.15. The van der Waals surface area contributed by atoms with Gasteiger partial charge in [0.15, 0.2) is 0 Å². The fraction of sp³-hybridized carbons (Fsp3) is 0.286. The van der Waals surface area contributed by atoms with Gasteiger partial charge >= 0.3 is 5.97 Å². The Morgan fingerprint density at radius 1 is 1.38 bits per heavy atom. The number of nitrogens with one attached hydrogen (secondary N) is 1. The molecule has 0 fully saturated rings. The van der Waals surface area contributed by atoms with E-state index in [4.69, 9.17) is 4.74 Å². The molecule has 0 radical (unpaired) electrons. The van der Waals surface area contributed by atoms with E-state index in [9.17, 15) is 9.90 Å². The van der Waals surface area contributed by atoms with E-state index in [1.54, 1.807) is 31.6 Å². The van der Waals surface area contributed by atoms with Crippen LogP contribution in [0.5, 0.6) is 0 Å². The highest BCUT2D eigenvalue weighted by molar-refractivity contribution is 5.94. The third-order valence-electron chi connectivity index (χ3n) is 2.78. The Balaban J connectivity index is 2.25. The molecule has 2 aromatic heterocycles. The number of anilines is 1. The van der Waals surface area contributed by atoms with Crippen LogP contribution in [0.15, 0.2) is 30.7 Å². The van der Waals surface area contributed by atoms with Crippen molar-refractivity contribution in [3.05, 3.63) is 36.3 Å². The fourth-order valence-corrected chi connectivity index (χ4v) is 1.77. The number of carbonyl (C=O) groups is 1. The maximum absolute atomic E-state index is 11.3. The molecule has 0 aliphatic heterocycles. The van der Waals surface area contributed by atoms with Gasteiger partial charge in [-0.1, -0.05) is 0 Å². The lowest BCUT2D eigenvalue weighted by molar-refractivity contribution is 0.0697. The number of carboxylic acids is 1. The largest absolute Gasteiger partial charge is 0.478 e. The minimum atomic E-state index is -1.06. The average Bonchev–Trinajstić information content (AvgIpc) is 2.52. The number of hydrogen-bond donors (Lipinski definition) is 2. The molecule has 110 valence electrons. The molecule has 7 nitrogen and oxygen atoms in total. The average molecular weight is 288 g/mol. The van der Waals surface area contributed by atoms with Crippen LogP contribution in [0.25, 0.3) is 11.3 Å². The molecular weight excluding hydrogens is 272 g/mol. The fourth-order valence-electron chi connectivity index (χ4n) is 1.77. The lowest BCUT2D eigenvalue weighted by atomic mass is 10.1. The van der Waals surface area contributed by atoms with Gasteiger partial charge in [-0.15, -0.1) is 0 Å². The topological polar surface area (TPSA) is 97.2 Å². The molecule has 0 spiro atoms. The van der Waals surface area contributed by atoms with Crippen LogP contribution in [0.1, 0.15) is 16.8 Å². The normalized spacial score (nSPS) is 10.3. The molecule has 0 saturated carbocycles. The number of pyridine rings is 1. The summed E-state index contributed by atoms with van der Waals surface area (Å²) in [6, 6.07) is 3.42. The lowest BCUT2D eigenvalue weighted by Crippen LogP contribution is -2.10. The third-order valence-corrected chi connectivity index (χ3v) is 2.78. The van der Waals surface area contributed by atoms with Gasteiger partial charge < -0.3 is 15.2 Å². The number of ether oxygens (including phenoxy) is 1. The van der Waals surface area contributed by atoms with Gasteiger partial charge in [0.2, 0.25) is 5.95 Å². The Morgan fingerprint density at radius 2 is 2.14 bits per heavy atom. The molecule has 0 aromatic carbocycles. The standard InChI is InChI=1S/C14H16N4O3/c1-21-8-2-5-16-14-17-9-11(13(19)20)12(18-14)10-3-6-15-7-4-10/h3-4,6-7,9H,2,5,8H2,1H3,(H,19,20)(H,16,17,18). The highest BCUT2D eigenvalue weighted by atomic mass is 16.5. The summed E-state index contributed by atoms with van der Waals surface area (Å²) >= 11 is 0. The second-order valence-corrected chi connectivity index (χ2v) is 4.27. The summed E-state index contributed by atoms with van der Waals surface area (Å²) in [6.07, 6.45) is 5.30. The van der Waals surface area contributed by atoms with Gasteiger partial charge in [-0.25, -0.2) is 14.8 Å². The number of carboxylic acid groups (broad SMARTS) is 1. The first-order chi connectivity index (χ1) is 10.2. The minimum absolute atomic E-state index is 0.0589. The molecule has 21 heavy (non-hydrogen) atoms. The number of aromatic carboxylic acids is 1. The predicted octanol–water partition coefficient (Wildman–Crippen LogP) is 1.69. The Labute approximate surface area is 122 Å². The van der Waals surface area contributed by atoms with Crippen LogP contribution in [-0.2, 0) is 4.74 Å². The Hall–Kier alpha value is -2.54. The van der Waals surface area contributed by atoms with Crippen LogP contribution in [0.4, 0.5) is 5.95 Å². The summed E-state index contributed by atoms with van der Waals surface area (Å²) in [5.74, 6) is -0.671. The van der Waals surface area contributed by atoms with E-state index in [2.05, 4.69) is 20.3 Å². The summed E-state index contributed by atoms with van der Waals surface area (Å²) in [5, 5.41) is 12.3. The molecular formula is C14H16N4O3. The SMILES string of the molecule is COCCCNc1ncc(C(=O)O)c(-c2ccncc2)n1. The predicted molar refractivity (Wildman–Crippen MR) is 77.2 cm³/mol. The maximum atomic E-state index is 11.3. The quantitative estimate of drug-likeness (QED) is 0.748. The Kier molecular flexibility index (Phi) is 5.16. The Morgan fingerprint density at radius 3 is 2.81 bits per heavy atom. The molecule has 0 bridgehead atoms. The molecule has 2 heterocycles. The number of aromatic nitrogens is 3. The molecule has 0 atom stereocenters. The minimum Gasteiger partial charge on any atom is -0.478 e. The summed E-state index contributed by atoms with van der Waals surface area (Å²) < 4.78 is 4.96. The van der Waals surface area contributed by atoms with Crippen LogP contribution in [-0.4, -0.2) is 46.3 Å². The molecule has 0 aliphatic rings. The smallest absolute Gasteiger partial charge is 0.339 e. The molecule has 2 aromatic rings. The van der Waals surface area contributed by atoms with Gasteiger partial charge in [-0.05, 0) is 18.6 Å². The van der Waals surface area contributed by atoms with Crippen molar-refractivity contribution < 1.29 is 14.6 Å². The van der Waals surface area contributed by atoms with Gasteiger partial charge in [-0.2, -0.15) is 0 Å². The van der Waals surface area contributed by atoms with Crippen LogP contribution in [0, 0.1) is 0 Å². The van der Waals surface area contributed by atoms with Crippen LogP contribution >= 0.6 is 0 Å². The molecule has 0 amide bonds. The van der Waals surface area contributed by atoms with E-state index < -0.39 is 5.97 Å². The van der Waals surface area contributed by atoms with Crippen molar-refractivity contribution in [3.63, 3.8) is 0 Å². The van der Waals surface area contributed by atoms with Crippen molar-refractivity contribution in [1.29, 1.82) is 0 Å². The monoisotopic (exact) mass is 288 g/mol. The van der Waals surface area contributed by atoms with Crippen molar-refractivity contribution in [2.45, 2.75) is 6.42 Å². The molecule has 7 heteroatoms. The maximum Gasteiger partial charge on any atom is 0.339 e. The first kappa shape index (κ1) is 14.9. The van der Waals surface area contributed by atoms with Crippen molar-refractivity contribution in [3.8, 4) is 11.3 Å². The zero-order valence-electron chi connectivity index (χ0n) is 11.6. The van der Waals surface area contributed by atoms with Crippen LogP contribution in [0.2, 0.25) is 0 Å². The first-order valence-electron chi connectivity index (χ1n) is 6.46. The summed E-state index contributed by atoms with van der Waals surface area (Å²) in [6.45, 7) is 1.29. The van der Waals surface area contributed by atoms with Crippen molar-refractivity contribution in [1.82, 2.24) is 15.0 Å². The first-order valence-corrected chi connectivity index (χ1v) is 6.46. The van der Waals surface area contributed by atoms with Crippen molar-refractivity contribution in [2.75, 3.05) is 25.6 Å². The number of methoxy groups -OCH3 is 1. The summed E-state index contributed by atoms with van der Waals surface area (Å²) in [7, 11) is 1.64. The number of hydrogen-bond acceptors (Lipinski definition) is 6. The van der Waals surface area contributed by atoms with Crippen LogP contribution in [0.3, 0.4) is 0 Å². The second-order valence-electron chi connectivity index (χ2n) is 4.27. The van der Waals surface area contributed by atoms with Gasteiger partial charge in [0.25, 0.3) is 0 Å². The lowest BCUT2D eigenvalue weighted by Gasteiger charge is -2.09. The summed E-state index contributed by atoms with van der Waals surface area (Å²) in [4.78, 5) is 23.5. The molecule has 2 N–H and O–H groups in total. The van der Waals surface area contributed by atoms with Gasteiger partial charge in [0, 0.05) is 44.4 Å².